The Balaban J connectivity index is 2.29. The van der Waals surface area contributed by atoms with Gasteiger partial charge in [-0.25, -0.2) is 0 Å². The molecule has 0 saturated heterocycles. The van der Waals surface area contributed by atoms with Gasteiger partial charge in [-0.05, 0) is 26.5 Å². The van der Waals surface area contributed by atoms with Gasteiger partial charge >= 0.3 is 0 Å². The molecule has 1 N–H and O–H groups in total. The number of nitrogens with zero attached hydrogens (tertiary/aromatic N) is 2. The molecule has 0 spiro atoms. The van der Waals surface area contributed by atoms with Gasteiger partial charge in [-0.15, -0.1) is 10.2 Å². The molecular weight excluding hydrogens is 206 g/mol. The molecule has 0 aliphatic rings. The summed E-state index contributed by atoms with van der Waals surface area (Å²) in [5, 5.41) is 11.1. The first-order valence-electron chi connectivity index (χ1n) is 5.31. The second-order valence-corrected chi connectivity index (χ2v) is 3.63. The molecule has 0 radical (unpaired) electrons. The Morgan fingerprint density at radius 3 is 2.81 bits per heavy atom. The van der Waals surface area contributed by atoms with Crippen LogP contribution >= 0.6 is 0 Å². The first-order chi connectivity index (χ1) is 7.76. The van der Waals surface area contributed by atoms with Gasteiger partial charge in [0.05, 0.1) is 12.3 Å². The van der Waals surface area contributed by atoms with Gasteiger partial charge in [-0.1, -0.05) is 6.92 Å². The summed E-state index contributed by atoms with van der Waals surface area (Å²) < 4.78 is 10.9. The van der Waals surface area contributed by atoms with Crippen LogP contribution in [0.1, 0.15) is 30.8 Å². The van der Waals surface area contributed by atoms with E-state index in [2.05, 4.69) is 22.4 Å². The van der Waals surface area contributed by atoms with Crippen molar-refractivity contribution in [3.8, 4) is 11.7 Å². The predicted octanol–water partition coefficient (Wildman–Crippen LogP) is 2.31. The van der Waals surface area contributed by atoms with Crippen molar-refractivity contribution in [2.24, 2.45) is 0 Å². The molecule has 2 heterocycles. The van der Waals surface area contributed by atoms with Crippen LogP contribution in [0.15, 0.2) is 21.2 Å². The molecule has 0 aromatic carbocycles. The van der Waals surface area contributed by atoms with Gasteiger partial charge in [0, 0.05) is 5.56 Å². The fourth-order valence-corrected chi connectivity index (χ4v) is 1.56. The molecule has 0 bridgehead atoms. The Bertz CT molecular complexity index is 457. The van der Waals surface area contributed by atoms with E-state index in [0.717, 1.165) is 12.0 Å². The van der Waals surface area contributed by atoms with Gasteiger partial charge in [-0.2, -0.15) is 0 Å². The lowest BCUT2D eigenvalue weighted by molar-refractivity contribution is 0.407. The molecule has 0 aliphatic carbocycles. The van der Waals surface area contributed by atoms with Crippen molar-refractivity contribution in [3.05, 3.63) is 23.8 Å². The summed E-state index contributed by atoms with van der Waals surface area (Å²) in [5.41, 5.74) is 0.993. The smallest absolute Gasteiger partial charge is 0.283 e. The highest BCUT2D eigenvalue weighted by Gasteiger charge is 2.18. The molecule has 1 unspecified atom stereocenters. The molecule has 0 saturated carbocycles. The fourth-order valence-electron chi connectivity index (χ4n) is 1.56. The van der Waals surface area contributed by atoms with E-state index >= 15 is 0 Å². The molecule has 0 aliphatic heterocycles. The normalized spacial score (nSPS) is 12.9. The van der Waals surface area contributed by atoms with E-state index in [9.17, 15) is 0 Å². The third kappa shape index (κ3) is 1.86. The Labute approximate surface area is 93.9 Å². The van der Waals surface area contributed by atoms with Crippen LogP contribution in [-0.4, -0.2) is 17.2 Å². The molecule has 86 valence electrons. The Kier molecular flexibility index (Phi) is 3.05. The van der Waals surface area contributed by atoms with E-state index in [1.54, 1.807) is 6.26 Å². The average molecular weight is 221 g/mol. The van der Waals surface area contributed by atoms with E-state index in [1.807, 2.05) is 20.0 Å². The fraction of sp³-hybridized carbons (Fsp3) is 0.455. The highest BCUT2D eigenvalue weighted by molar-refractivity contribution is 5.49. The maximum absolute atomic E-state index is 5.57. The zero-order chi connectivity index (χ0) is 11.5. The van der Waals surface area contributed by atoms with Crippen LogP contribution < -0.4 is 5.32 Å². The lowest BCUT2D eigenvalue weighted by Gasteiger charge is -2.06. The van der Waals surface area contributed by atoms with Crippen molar-refractivity contribution in [2.45, 2.75) is 26.3 Å². The lowest BCUT2D eigenvalue weighted by Crippen LogP contribution is -2.15. The minimum Gasteiger partial charge on any atom is -0.459 e. The van der Waals surface area contributed by atoms with E-state index in [1.165, 1.54) is 0 Å². The Morgan fingerprint density at radius 1 is 1.44 bits per heavy atom. The van der Waals surface area contributed by atoms with Gasteiger partial charge in [0.15, 0.2) is 5.76 Å². The van der Waals surface area contributed by atoms with Crippen molar-refractivity contribution < 1.29 is 8.83 Å². The summed E-state index contributed by atoms with van der Waals surface area (Å²) in [7, 11) is 1.87. The quantitative estimate of drug-likeness (QED) is 0.858. The number of hydrogen-bond donors (Lipinski definition) is 1. The van der Waals surface area contributed by atoms with Crippen molar-refractivity contribution in [1.29, 1.82) is 0 Å². The standard InChI is InChI=1S/C11H15N3O2/c1-4-8(12-3)10-13-14-11(16-10)9-7(2)5-6-15-9/h5-6,8,12H,4H2,1-3H3. The Morgan fingerprint density at radius 2 is 2.25 bits per heavy atom. The van der Waals surface area contributed by atoms with Crippen LogP contribution in [0.25, 0.3) is 11.7 Å². The number of rotatable bonds is 4. The van der Waals surface area contributed by atoms with E-state index in [-0.39, 0.29) is 6.04 Å². The molecule has 2 rings (SSSR count). The van der Waals surface area contributed by atoms with Crippen LogP contribution in [0, 0.1) is 6.92 Å². The number of furan rings is 1. The van der Waals surface area contributed by atoms with Crippen LogP contribution in [-0.2, 0) is 0 Å². The zero-order valence-electron chi connectivity index (χ0n) is 9.65. The van der Waals surface area contributed by atoms with E-state index in [4.69, 9.17) is 8.83 Å². The van der Waals surface area contributed by atoms with Gasteiger partial charge in [-0.3, -0.25) is 0 Å². The van der Waals surface area contributed by atoms with Crippen molar-refractivity contribution in [1.82, 2.24) is 15.5 Å². The van der Waals surface area contributed by atoms with Crippen LogP contribution in [0.5, 0.6) is 0 Å². The second-order valence-electron chi connectivity index (χ2n) is 3.63. The molecule has 16 heavy (non-hydrogen) atoms. The summed E-state index contributed by atoms with van der Waals surface area (Å²) in [4.78, 5) is 0. The van der Waals surface area contributed by atoms with Gasteiger partial charge < -0.3 is 14.2 Å². The molecule has 5 heteroatoms. The van der Waals surface area contributed by atoms with Gasteiger partial charge in [0.25, 0.3) is 5.89 Å². The molecule has 5 nitrogen and oxygen atoms in total. The molecule has 1 atom stereocenters. The zero-order valence-corrected chi connectivity index (χ0v) is 9.65. The first kappa shape index (κ1) is 10.9. The monoisotopic (exact) mass is 221 g/mol. The molecule has 0 fully saturated rings. The minimum atomic E-state index is 0.0940. The number of aryl methyl sites for hydroxylation is 1. The summed E-state index contributed by atoms with van der Waals surface area (Å²) in [5.74, 6) is 1.67. The SMILES string of the molecule is CCC(NC)c1nnc(-c2occc2C)o1. The molecular formula is C11H15N3O2. The first-order valence-corrected chi connectivity index (χ1v) is 5.31. The number of nitrogens with one attached hydrogen (secondary N) is 1. The summed E-state index contributed by atoms with van der Waals surface area (Å²) in [6, 6.07) is 1.96. The minimum absolute atomic E-state index is 0.0940. The maximum Gasteiger partial charge on any atom is 0.283 e. The second kappa shape index (κ2) is 4.49. The highest BCUT2D eigenvalue weighted by atomic mass is 16.4. The van der Waals surface area contributed by atoms with Crippen molar-refractivity contribution in [2.75, 3.05) is 7.05 Å². The largest absolute Gasteiger partial charge is 0.459 e. The van der Waals surface area contributed by atoms with Gasteiger partial charge in [0.2, 0.25) is 5.89 Å². The van der Waals surface area contributed by atoms with Crippen molar-refractivity contribution in [3.63, 3.8) is 0 Å². The number of aromatic nitrogens is 2. The van der Waals surface area contributed by atoms with Crippen LogP contribution in [0.2, 0.25) is 0 Å². The highest BCUT2D eigenvalue weighted by Crippen LogP contribution is 2.25. The van der Waals surface area contributed by atoms with Crippen molar-refractivity contribution >= 4 is 0 Å². The lowest BCUT2D eigenvalue weighted by atomic mass is 10.2. The number of hydrogen-bond acceptors (Lipinski definition) is 5. The summed E-state index contributed by atoms with van der Waals surface area (Å²) >= 11 is 0. The molecule has 0 amide bonds. The van der Waals surface area contributed by atoms with Gasteiger partial charge in [0.1, 0.15) is 0 Å². The summed E-state index contributed by atoms with van der Waals surface area (Å²) in [6.45, 7) is 4.00. The molecule has 2 aromatic heterocycles. The topological polar surface area (TPSA) is 64.1 Å². The average Bonchev–Trinajstić information content (AvgIpc) is 2.89. The predicted molar refractivity (Wildman–Crippen MR) is 58.8 cm³/mol. The third-order valence-electron chi connectivity index (χ3n) is 2.55. The Hall–Kier alpha value is -1.62. The van der Waals surface area contributed by atoms with E-state index in [0.29, 0.717) is 17.5 Å². The third-order valence-corrected chi connectivity index (χ3v) is 2.55. The van der Waals surface area contributed by atoms with E-state index < -0.39 is 0 Å². The van der Waals surface area contributed by atoms with Crippen LogP contribution in [0.4, 0.5) is 0 Å². The maximum atomic E-state index is 5.57. The van der Waals surface area contributed by atoms with Crippen LogP contribution in [0.3, 0.4) is 0 Å². The summed E-state index contributed by atoms with van der Waals surface area (Å²) in [6.07, 6.45) is 2.51. The molecule has 2 aromatic rings.